The molecule has 1 aliphatic heterocycles. The number of nitrogens with one attached hydrogen (secondary N) is 1. The number of urea groups is 1. The second kappa shape index (κ2) is 5.25. The number of terminal acetylenes is 1. The Kier molecular flexibility index (Phi) is 3.98. The fourth-order valence-electron chi connectivity index (χ4n) is 1.60. The molecule has 0 aromatic heterocycles. The van der Waals surface area contributed by atoms with Gasteiger partial charge < -0.3 is 15.3 Å². The van der Waals surface area contributed by atoms with Crippen LogP contribution in [0.25, 0.3) is 0 Å². The van der Waals surface area contributed by atoms with Crippen molar-refractivity contribution < 1.29 is 14.7 Å². The highest BCUT2D eigenvalue weighted by Crippen LogP contribution is 2.16. The van der Waals surface area contributed by atoms with E-state index in [0.717, 1.165) is 6.42 Å². The van der Waals surface area contributed by atoms with Gasteiger partial charge in [-0.1, -0.05) is 5.92 Å². The van der Waals surface area contributed by atoms with E-state index < -0.39 is 11.9 Å². The molecule has 2 N–H and O–H groups in total. The zero-order chi connectivity index (χ0) is 11.3. The first kappa shape index (κ1) is 11.4. The van der Waals surface area contributed by atoms with Gasteiger partial charge in [0.05, 0.1) is 12.5 Å². The first-order chi connectivity index (χ1) is 7.15. The Morgan fingerprint density at radius 2 is 2.33 bits per heavy atom. The van der Waals surface area contributed by atoms with E-state index in [2.05, 4.69) is 11.2 Å². The van der Waals surface area contributed by atoms with Crippen molar-refractivity contribution in [1.29, 1.82) is 0 Å². The molecule has 1 saturated heterocycles. The number of hydrogen-bond acceptors (Lipinski definition) is 2. The lowest BCUT2D eigenvalue weighted by atomic mass is 9.99. The predicted molar refractivity (Wildman–Crippen MR) is 54.2 cm³/mol. The molecule has 0 aromatic rings. The first-order valence-corrected chi connectivity index (χ1v) is 4.84. The van der Waals surface area contributed by atoms with Crippen molar-refractivity contribution in [3.05, 3.63) is 0 Å². The molecule has 82 valence electrons. The zero-order valence-electron chi connectivity index (χ0n) is 8.40. The van der Waals surface area contributed by atoms with Crippen molar-refractivity contribution in [2.75, 3.05) is 19.6 Å². The van der Waals surface area contributed by atoms with Gasteiger partial charge in [0, 0.05) is 13.1 Å². The van der Waals surface area contributed by atoms with Crippen LogP contribution in [0.15, 0.2) is 0 Å². The molecule has 0 saturated carbocycles. The van der Waals surface area contributed by atoms with Crippen molar-refractivity contribution in [3.63, 3.8) is 0 Å². The molecule has 1 atom stereocenters. The van der Waals surface area contributed by atoms with Crippen LogP contribution in [0.4, 0.5) is 4.79 Å². The zero-order valence-corrected chi connectivity index (χ0v) is 8.40. The highest BCUT2D eigenvalue weighted by molar-refractivity contribution is 5.76. The predicted octanol–water partition coefficient (Wildman–Crippen LogP) is 0.126. The average molecular weight is 210 g/mol. The SMILES string of the molecule is C#CCNC(=O)N1CCCC(C(=O)O)C1. The van der Waals surface area contributed by atoms with Gasteiger partial charge in [-0.3, -0.25) is 4.79 Å². The maximum atomic E-state index is 11.5. The fourth-order valence-corrected chi connectivity index (χ4v) is 1.60. The average Bonchev–Trinajstić information content (AvgIpc) is 2.26. The van der Waals surface area contributed by atoms with Crippen LogP contribution in [0, 0.1) is 18.3 Å². The van der Waals surface area contributed by atoms with E-state index in [9.17, 15) is 9.59 Å². The molecule has 1 aliphatic rings. The summed E-state index contributed by atoms with van der Waals surface area (Å²) < 4.78 is 0. The number of rotatable bonds is 2. The molecule has 0 bridgehead atoms. The van der Waals surface area contributed by atoms with Crippen LogP contribution in [0.3, 0.4) is 0 Å². The lowest BCUT2D eigenvalue weighted by molar-refractivity contribution is -0.143. The van der Waals surface area contributed by atoms with Gasteiger partial charge in [0.2, 0.25) is 0 Å². The van der Waals surface area contributed by atoms with Gasteiger partial charge in [-0.15, -0.1) is 6.42 Å². The quantitative estimate of drug-likeness (QED) is 0.636. The summed E-state index contributed by atoms with van der Waals surface area (Å²) in [5, 5.41) is 11.3. The molecule has 0 spiro atoms. The number of carboxylic acids is 1. The van der Waals surface area contributed by atoms with Crippen molar-refractivity contribution >= 4 is 12.0 Å². The van der Waals surface area contributed by atoms with Crippen molar-refractivity contribution in [3.8, 4) is 12.3 Å². The molecule has 5 heteroatoms. The van der Waals surface area contributed by atoms with Crippen LogP contribution < -0.4 is 5.32 Å². The molecule has 0 aromatic carbocycles. The van der Waals surface area contributed by atoms with Gasteiger partial charge in [0.25, 0.3) is 0 Å². The lowest BCUT2D eigenvalue weighted by Crippen LogP contribution is -2.47. The highest BCUT2D eigenvalue weighted by Gasteiger charge is 2.27. The van der Waals surface area contributed by atoms with Crippen LogP contribution in [-0.2, 0) is 4.79 Å². The Bertz CT molecular complexity index is 296. The van der Waals surface area contributed by atoms with E-state index in [1.807, 2.05) is 0 Å². The van der Waals surface area contributed by atoms with E-state index in [4.69, 9.17) is 11.5 Å². The monoisotopic (exact) mass is 210 g/mol. The Labute approximate surface area is 88.4 Å². The molecule has 1 rings (SSSR count). The van der Waals surface area contributed by atoms with Crippen molar-refractivity contribution in [2.24, 2.45) is 5.92 Å². The molecule has 1 unspecified atom stereocenters. The van der Waals surface area contributed by atoms with Crippen molar-refractivity contribution in [1.82, 2.24) is 10.2 Å². The summed E-state index contributed by atoms with van der Waals surface area (Å²) in [5.74, 6) is 1.00. The number of nitrogens with zero attached hydrogens (tertiary/aromatic N) is 1. The second-order valence-electron chi connectivity index (χ2n) is 3.49. The topological polar surface area (TPSA) is 69.6 Å². The maximum absolute atomic E-state index is 11.5. The van der Waals surface area contributed by atoms with Crippen LogP contribution in [0.2, 0.25) is 0 Å². The molecule has 2 amide bonds. The summed E-state index contributed by atoms with van der Waals surface area (Å²) in [6.07, 6.45) is 6.36. The number of aliphatic carboxylic acids is 1. The fraction of sp³-hybridized carbons (Fsp3) is 0.600. The number of carbonyl (C=O) groups is 2. The Balaban J connectivity index is 2.45. The van der Waals surface area contributed by atoms with Gasteiger partial charge in [0.1, 0.15) is 0 Å². The molecule has 15 heavy (non-hydrogen) atoms. The second-order valence-corrected chi connectivity index (χ2v) is 3.49. The minimum Gasteiger partial charge on any atom is -0.481 e. The minimum absolute atomic E-state index is 0.174. The normalized spacial score (nSPS) is 20.5. The number of carbonyl (C=O) groups excluding carboxylic acids is 1. The number of amides is 2. The minimum atomic E-state index is -0.843. The number of likely N-dealkylation sites (tertiary alicyclic amines) is 1. The smallest absolute Gasteiger partial charge is 0.318 e. The highest BCUT2D eigenvalue weighted by atomic mass is 16.4. The Hall–Kier alpha value is -1.70. The van der Waals surface area contributed by atoms with Crippen LogP contribution >= 0.6 is 0 Å². The largest absolute Gasteiger partial charge is 0.481 e. The van der Waals surface area contributed by atoms with Crippen molar-refractivity contribution in [2.45, 2.75) is 12.8 Å². The lowest BCUT2D eigenvalue weighted by Gasteiger charge is -2.30. The van der Waals surface area contributed by atoms with Gasteiger partial charge in [-0.2, -0.15) is 0 Å². The summed E-state index contributed by atoms with van der Waals surface area (Å²) in [7, 11) is 0. The molecule has 5 nitrogen and oxygen atoms in total. The van der Waals surface area contributed by atoms with E-state index in [0.29, 0.717) is 13.0 Å². The third-order valence-corrected chi connectivity index (χ3v) is 2.40. The third kappa shape index (κ3) is 3.17. The summed E-state index contributed by atoms with van der Waals surface area (Å²) in [5.41, 5.74) is 0. The molecule has 0 aliphatic carbocycles. The van der Waals surface area contributed by atoms with E-state index in [-0.39, 0.29) is 19.1 Å². The molecule has 1 heterocycles. The third-order valence-electron chi connectivity index (χ3n) is 2.40. The number of carboxylic acid groups (broad SMARTS) is 1. The van der Waals surface area contributed by atoms with Crippen LogP contribution in [0.1, 0.15) is 12.8 Å². The van der Waals surface area contributed by atoms with Gasteiger partial charge >= 0.3 is 12.0 Å². The molecular weight excluding hydrogens is 196 g/mol. The molecule has 1 fully saturated rings. The summed E-state index contributed by atoms with van der Waals surface area (Å²) in [4.78, 5) is 23.7. The number of hydrogen-bond donors (Lipinski definition) is 2. The van der Waals surface area contributed by atoms with E-state index in [1.165, 1.54) is 4.90 Å². The maximum Gasteiger partial charge on any atom is 0.318 e. The summed E-state index contributed by atoms with van der Waals surface area (Å²) >= 11 is 0. The van der Waals surface area contributed by atoms with Crippen LogP contribution in [0.5, 0.6) is 0 Å². The number of piperidine rings is 1. The van der Waals surface area contributed by atoms with Gasteiger partial charge in [-0.05, 0) is 12.8 Å². The molecule has 0 radical (unpaired) electrons. The standard InChI is InChI=1S/C10H14N2O3/c1-2-5-11-10(15)12-6-3-4-8(7-12)9(13)14/h1,8H,3-7H2,(H,11,15)(H,13,14). The van der Waals surface area contributed by atoms with E-state index in [1.54, 1.807) is 0 Å². The Morgan fingerprint density at radius 3 is 2.93 bits per heavy atom. The van der Waals surface area contributed by atoms with Crippen LogP contribution in [-0.4, -0.2) is 41.6 Å². The molecular formula is C10H14N2O3. The summed E-state index contributed by atoms with van der Waals surface area (Å²) in [6, 6.07) is -0.279. The van der Waals surface area contributed by atoms with E-state index >= 15 is 0 Å². The van der Waals surface area contributed by atoms with Gasteiger partial charge in [0.15, 0.2) is 0 Å². The summed E-state index contributed by atoms with van der Waals surface area (Å²) in [6.45, 7) is 1.04. The first-order valence-electron chi connectivity index (χ1n) is 4.84. The Morgan fingerprint density at radius 1 is 1.60 bits per heavy atom. The van der Waals surface area contributed by atoms with Gasteiger partial charge in [-0.25, -0.2) is 4.79 Å².